The van der Waals surface area contributed by atoms with Gasteiger partial charge in [-0.15, -0.1) is 0 Å². The molecule has 1 atom stereocenters. The SMILES string of the molecule is CCC(C)c1c[nH]c(=O)[nH]c1=O. The molecule has 0 spiro atoms. The van der Waals surface area contributed by atoms with Crippen LogP contribution in [0.3, 0.4) is 0 Å². The molecule has 66 valence electrons. The first kappa shape index (κ1) is 8.77. The number of hydrogen-bond donors (Lipinski definition) is 2. The van der Waals surface area contributed by atoms with E-state index in [2.05, 4.69) is 9.97 Å². The maximum atomic E-state index is 11.2. The van der Waals surface area contributed by atoms with E-state index in [1.807, 2.05) is 13.8 Å². The fraction of sp³-hybridized carbons (Fsp3) is 0.500. The maximum absolute atomic E-state index is 11.2. The molecule has 0 amide bonds. The summed E-state index contributed by atoms with van der Waals surface area (Å²) >= 11 is 0. The standard InChI is InChI=1S/C8H12N2O2/c1-3-5(2)6-4-9-8(12)10-7(6)11/h4-5H,3H2,1-2H3,(H2,9,10,11,12). The third kappa shape index (κ3) is 1.64. The predicted octanol–water partition coefficient (Wildman–Crippen LogP) is 0.577. The molecule has 1 aromatic rings. The first-order chi connectivity index (χ1) is 5.65. The molecule has 1 unspecified atom stereocenters. The van der Waals surface area contributed by atoms with E-state index in [1.165, 1.54) is 6.20 Å². The van der Waals surface area contributed by atoms with Gasteiger partial charge in [0.15, 0.2) is 0 Å². The largest absolute Gasteiger partial charge is 0.325 e. The Kier molecular flexibility index (Phi) is 2.47. The van der Waals surface area contributed by atoms with Crippen molar-refractivity contribution in [3.8, 4) is 0 Å². The molecule has 4 nitrogen and oxygen atoms in total. The molecule has 0 aliphatic heterocycles. The van der Waals surface area contributed by atoms with E-state index in [0.717, 1.165) is 6.42 Å². The monoisotopic (exact) mass is 168 g/mol. The van der Waals surface area contributed by atoms with Crippen molar-refractivity contribution in [3.05, 3.63) is 32.6 Å². The normalized spacial score (nSPS) is 12.8. The Labute approximate surface area is 69.7 Å². The highest BCUT2D eigenvalue weighted by Crippen LogP contribution is 2.11. The molecule has 1 rings (SSSR count). The smallest absolute Gasteiger partial charge is 0.314 e. The molecule has 0 aromatic carbocycles. The quantitative estimate of drug-likeness (QED) is 0.678. The molecule has 1 aromatic heterocycles. The van der Waals surface area contributed by atoms with Crippen LogP contribution in [0.15, 0.2) is 15.8 Å². The van der Waals surface area contributed by atoms with Gasteiger partial charge < -0.3 is 4.98 Å². The van der Waals surface area contributed by atoms with E-state index in [-0.39, 0.29) is 11.5 Å². The summed E-state index contributed by atoms with van der Waals surface area (Å²) < 4.78 is 0. The number of hydrogen-bond acceptors (Lipinski definition) is 2. The van der Waals surface area contributed by atoms with Gasteiger partial charge in [0, 0.05) is 11.8 Å². The van der Waals surface area contributed by atoms with Gasteiger partial charge >= 0.3 is 5.69 Å². The van der Waals surface area contributed by atoms with Gasteiger partial charge in [-0.2, -0.15) is 0 Å². The zero-order chi connectivity index (χ0) is 9.14. The summed E-state index contributed by atoms with van der Waals surface area (Å²) in [6.45, 7) is 3.94. The van der Waals surface area contributed by atoms with Crippen LogP contribution in [0, 0.1) is 0 Å². The van der Waals surface area contributed by atoms with Crippen molar-refractivity contribution in [2.24, 2.45) is 0 Å². The van der Waals surface area contributed by atoms with Crippen molar-refractivity contribution in [1.82, 2.24) is 9.97 Å². The summed E-state index contributed by atoms with van der Waals surface area (Å²) in [6, 6.07) is 0. The Hall–Kier alpha value is -1.32. The lowest BCUT2D eigenvalue weighted by atomic mass is 10.0. The van der Waals surface area contributed by atoms with Gasteiger partial charge in [0.2, 0.25) is 0 Å². The molecule has 12 heavy (non-hydrogen) atoms. The number of aromatic amines is 2. The third-order valence-corrected chi connectivity index (χ3v) is 1.99. The van der Waals surface area contributed by atoms with Crippen LogP contribution in [-0.2, 0) is 0 Å². The van der Waals surface area contributed by atoms with E-state index in [0.29, 0.717) is 5.56 Å². The van der Waals surface area contributed by atoms with Crippen molar-refractivity contribution in [2.75, 3.05) is 0 Å². The van der Waals surface area contributed by atoms with Crippen molar-refractivity contribution in [2.45, 2.75) is 26.2 Å². The van der Waals surface area contributed by atoms with Crippen LogP contribution in [-0.4, -0.2) is 9.97 Å². The highest BCUT2D eigenvalue weighted by atomic mass is 16.2. The zero-order valence-corrected chi connectivity index (χ0v) is 7.18. The molecule has 1 heterocycles. The molecule has 2 N–H and O–H groups in total. The fourth-order valence-electron chi connectivity index (χ4n) is 1.01. The Balaban J connectivity index is 3.19. The van der Waals surface area contributed by atoms with Crippen molar-refractivity contribution >= 4 is 0 Å². The Morgan fingerprint density at radius 2 is 2.17 bits per heavy atom. The topological polar surface area (TPSA) is 65.7 Å². The molecule has 0 saturated carbocycles. The Morgan fingerprint density at radius 3 is 2.67 bits per heavy atom. The third-order valence-electron chi connectivity index (χ3n) is 1.99. The summed E-state index contributed by atoms with van der Waals surface area (Å²) in [4.78, 5) is 26.4. The highest BCUT2D eigenvalue weighted by molar-refractivity contribution is 5.08. The summed E-state index contributed by atoms with van der Waals surface area (Å²) in [7, 11) is 0. The van der Waals surface area contributed by atoms with Crippen LogP contribution in [0.1, 0.15) is 31.7 Å². The van der Waals surface area contributed by atoms with Crippen molar-refractivity contribution in [3.63, 3.8) is 0 Å². The molecular formula is C8H12N2O2. The average Bonchev–Trinajstić information content (AvgIpc) is 2.03. The summed E-state index contributed by atoms with van der Waals surface area (Å²) in [5.74, 6) is 0.186. The van der Waals surface area contributed by atoms with Crippen LogP contribution in [0.25, 0.3) is 0 Å². The van der Waals surface area contributed by atoms with E-state index >= 15 is 0 Å². The molecule has 0 radical (unpaired) electrons. The summed E-state index contributed by atoms with van der Waals surface area (Å²) in [6.07, 6.45) is 2.37. The fourth-order valence-corrected chi connectivity index (χ4v) is 1.01. The second-order valence-corrected chi connectivity index (χ2v) is 2.84. The first-order valence-electron chi connectivity index (χ1n) is 3.97. The molecule has 4 heteroatoms. The summed E-state index contributed by atoms with van der Waals surface area (Å²) in [5, 5.41) is 0. The average molecular weight is 168 g/mol. The number of aromatic nitrogens is 2. The van der Waals surface area contributed by atoms with E-state index in [4.69, 9.17) is 0 Å². The summed E-state index contributed by atoms with van der Waals surface area (Å²) in [5.41, 5.74) is -0.0998. The van der Waals surface area contributed by atoms with Crippen molar-refractivity contribution in [1.29, 1.82) is 0 Å². The van der Waals surface area contributed by atoms with Gasteiger partial charge in [-0.25, -0.2) is 4.79 Å². The van der Waals surface area contributed by atoms with Crippen LogP contribution in [0.4, 0.5) is 0 Å². The van der Waals surface area contributed by atoms with Crippen LogP contribution in [0.5, 0.6) is 0 Å². The lowest BCUT2D eigenvalue weighted by molar-refractivity contribution is 0.712. The zero-order valence-electron chi connectivity index (χ0n) is 7.18. The second kappa shape index (κ2) is 3.38. The van der Waals surface area contributed by atoms with Crippen LogP contribution in [0.2, 0.25) is 0 Å². The minimum atomic E-state index is -0.452. The van der Waals surface area contributed by atoms with E-state index in [9.17, 15) is 9.59 Å². The number of nitrogens with one attached hydrogen (secondary N) is 2. The van der Waals surface area contributed by atoms with Crippen molar-refractivity contribution < 1.29 is 0 Å². The van der Waals surface area contributed by atoms with E-state index < -0.39 is 5.69 Å². The molecular weight excluding hydrogens is 156 g/mol. The molecule has 0 fully saturated rings. The predicted molar refractivity (Wildman–Crippen MR) is 46.4 cm³/mol. The van der Waals surface area contributed by atoms with Gasteiger partial charge in [0.25, 0.3) is 5.56 Å². The number of rotatable bonds is 2. The lowest BCUT2D eigenvalue weighted by Crippen LogP contribution is -2.25. The van der Waals surface area contributed by atoms with Crippen LogP contribution >= 0.6 is 0 Å². The maximum Gasteiger partial charge on any atom is 0.325 e. The van der Waals surface area contributed by atoms with Gasteiger partial charge in [0.1, 0.15) is 0 Å². The Bertz CT molecular complexity index is 364. The lowest BCUT2D eigenvalue weighted by Gasteiger charge is -2.05. The first-order valence-corrected chi connectivity index (χ1v) is 3.97. The van der Waals surface area contributed by atoms with Gasteiger partial charge in [-0.1, -0.05) is 13.8 Å². The Morgan fingerprint density at radius 1 is 1.50 bits per heavy atom. The number of H-pyrrole nitrogens is 2. The van der Waals surface area contributed by atoms with E-state index in [1.54, 1.807) is 0 Å². The van der Waals surface area contributed by atoms with Gasteiger partial charge in [-0.05, 0) is 12.3 Å². The van der Waals surface area contributed by atoms with Gasteiger partial charge in [-0.3, -0.25) is 9.78 Å². The highest BCUT2D eigenvalue weighted by Gasteiger charge is 2.06. The molecule has 0 bridgehead atoms. The molecule has 0 aliphatic rings. The molecule has 0 aliphatic carbocycles. The van der Waals surface area contributed by atoms with Crippen LogP contribution < -0.4 is 11.2 Å². The minimum Gasteiger partial charge on any atom is -0.314 e. The second-order valence-electron chi connectivity index (χ2n) is 2.84. The molecule has 0 saturated heterocycles. The van der Waals surface area contributed by atoms with Gasteiger partial charge in [0.05, 0.1) is 0 Å². The minimum absolute atomic E-state index is 0.186.